The fraction of sp³-hybridized carbons (Fsp3) is 0.208. The maximum atomic E-state index is 13.2. The number of hydrogen-bond donors (Lipinski definition) is 2. The molecule has 0 atom stereocenters. The highest BCUT2D eigenvalue weighted by Crippen LogP contribution is 2.49. The molecule has 1 fully saturated rings. The van der Waals surface area contributed by atoms with Gasteiger partial charge in [0.25, 0.3) is 0 Å². The predicted octanol–water partition coefficient (Wildman–Crippen LogP) is 4.65. The van der Waals surface area contributed by atoms with Crippen molar-refractivity contribution in [2.24, 2.45) is 0 Å². The molecule has 1 aliphatic carbocycles. The van der Waals surface area contributed by atoms with Gasteiger partial charge in [-0.15, -0.1) is 5.10 Å². The fourth-order valence-electron chi connectivity index (χ4n) is 3.92. The van der Waals surface area contributed by atoms with Gasteiger partial charge in [-0.25, -0.2) is 10.1 Å². The first-order chi connectivity index (χ1) is 16.1. The van der Waals surface area contributed by atoms with E-state index in [0.717, 1.165) is 35.1 Å². The van der Waals surface area contributed by atoms with Gasteiger partial charge in [0.1, 0.15) is 0 Å². The number of H-pyrrole nitrogens is 1. The highest BCUT2D eigenvalue weighted by molar-refractivity contribution is 6.30. The third kappa shape index (κ3) is 4.17. The molecular formula is C24H21ClN6O2. The summed E-state index contributed by atoms with van der Waals surface area (Å²) in [6, 6.07) is 16.9. The van der Waals surface area contributed by atoms with E-state index in [0.29, 0.717) is 29.0 Å². The molecule has 9 heteroatoms. The molecule has 0 unspecified atom stereocenters. The number of aromatic nitrogens is 5. The number of ether oxygens (including phenoxy) is 1. The van der Waals surface area contributed by atoms with Crippen LogP contribution in [0.15, 0.2) is 60.8 Å². The number of hydrogen-bond acceptors (Lipinski definition) is 6. The minimum atomic E-state index is -0.545. The van der Waals surface area contributed by atoms with Gasteiger partial charge in [-0.2, -0.15) is 0 Å². The van der Waals surface area contributed by atoms with E-state index in [1.54, 1.807) is 6.20 Å². The van der Waals surface area contributed by atoms with Crippen LogP contribution >= 0.6 is 11.6 Å². The molecule has 2 heterocycles. The summed E-state index contributed by atoms with van der Waals surface area (Å²) in [5.74, 6) is 0.997. The molecule has 1 aliphatic rings. The molecule has 0 bridgehead atoms. The van der Waals surface area contributed by atoms with Gasteiger partial charge in [-0.3, -0.25) is 4.79 Å². The first-order valence-corrected chi connectivity index (χ1v) is 11.0. The summed E-state index contributed by atoms with van der Waals surface area (Å²) in [7, 11) is 0. The lowest BCUT2D eigenvalue weighted by Gasteiger charge is -2.17. The van der Waals surface area contributed by atoms with Gasteiger partial charge >= 0.3 is 0 Å². The number of carbonyl (C=O) groups is 1. The number of pyridine rings is 1. The second-order valence-electron chi connectivity index (χ2n) is 7.87. The van der Waals surface area contributed by atoms with Crippen LogP contribution < -0.4 is 10.1 Å². The minimum absolute atomic E-state index is 0.0538. The second-order valence-corrected chi connectivity index (χ2v) is 8.31. The topological polar surface area (TPSA) is 106 Å². The van der Waals surface area contributed by atoms with Crippen LogP contribution in [0.1, 0.15) is 25.3 Å². The average molecular weight is 461 g/mol. The van der Waals surface area contributed by atoms with Crippen molar-refractivity contribution in [1.82, 2.24) is 25.6 Å². The quantitative estimate of drug-likeness (QED) is 0.415. The molecule has 0 radical (unpaired) electrons. The van der Waals surface area contributed by atoms with Crippen LogP contribution in [0.4, 0.5) is 5.69 Å². The Kier molecular flexibility index (Phi) is 5.51. The lowest BCUT2D eigenvalue weighted by atomic mass is 9.94. The van der Waals surface area contributed by atoms with Crippen molar-refractivity contribution in [2.75, 3.05) is 11.9 Å². The summed E-state index contributed by atoms with van der Waals surface area (Å²) >= 11 is 6.16. The standard InChI is InChI=1S/C24H21ClN6O2/c1-2-33-21-9-6-15(14-26-21)19-8-7-18(13-20(19)22-28-30-31-29-22)27-23(32)24(10-11-24)16-4-3-5-17(25)12-16/h3-9,12-14H,2,10-11H2,1H3,(H,27,32)(H,28,29,30,31). The molecular weight excluding hydrogens is 440 g/mol. The van der Waals surface area contributed by atoms with E-state index in [9.17, 15) is 4.79 Å². The van der Waals surface area contributed by atoms with Crippen molar-refractivity contribution < 1.29 is 9.53 Å². The highest BCUT2D eigenvalue weighted by atomic mass is 35.5. The Morgan fingerprint density at radius 3 is 2.70 bits per heavy atom. The third-order valence-electron chi connectivity index (χ3n) is 5.78. The van der Waals surface area contributed by atoms with Gasteiger partial charge in [-0.1, -0.05) is 29.8 Å². The van der Waals surface area contributed by atoms with Crippen molar-refractivity contribution >= 4 is 23.2 Å². The number of anilines is 1. The molecule has 2 aromatic heterocycles. The highest BCUT2D eigenvalue weighted by Gasteiger charge is 2.51. The Morgan fingerprint density at radius 1 is 1.15 bits per heavy atom. The van der Waals surface area contributed by atoms with E-state index in [-0.39, 0.29) is 5.91 Å². The van der Waals surface area contributed by atoms with E-state index < -0.39 is 5.41 Å². The maximum Gasteiger partial charge on any atom is 0.235 e. The van der Waals surface area contributed by atoms with Crippen LogP contribution in [0.2, 0.25) is 5.02 Å². The van der Waals surface area contributed by atoms with Crippen LogP contribution in [0.3, 0.4) is 0 Å². The minimum Gasteiger partial charge on any atom is -0.478 e. The summed E-state index contributed by atoms with van der Waals surface area (Å²) in [5.41, 5.74) is 3.54. The first-order valence-electron chi connectivity index (χ1n) is 10.6. The lowest BCUT2D eigenvalue weighted by Crippen LogP contribution is -2.27. The molecule has 2 N–H and O–H groups in total. The van der Waals surface area contributed by atoms with Crippen molar-refractivity contribution in [1.29, 1.82) is 0 Å². The lowest BCUT2D eigenvalue weighted by molar-refractivity contribution is -0.118. The molecule has 4 aromatic rings. The molecule has 2 aromatic carbocycles. The van der Waals surface area contributed by atoms with E-state index in [1.165, 1.54) is 0 Å². The third-order valence-corrected chi connectivity index (χ3v) is 6.01. The number of benzene rings is 2. The average Bonchev–Trinajstić information content (AvgIpc) is 3.47. The number of nitrogens with one attached hydrogen (secondary N) is 2. The number of nitrogens with zero attached hydrogens (tertiary/aromatic N) is 4. The number of halogens is 1. The Bertz CT molecular complexity index is 1290. The van der Waals surface area contributed by atoms with Gasteiger partial charge in [0.15, 0.2) is 5.82 Å². The van der Waals surface area contributed by atoms with Crippen molar-refractivity contribution in [2.45, 2.75) is 25.2 Å². The summed E-state index contributed by atoms with van der Waals surface area (Å²) in [6.07, 6.45) is 3.31. The van der Waals surface area contributed by atoms with Crippen molar-refractivity contribution in [3.05, 3.63) is 71.4 Å². The number of aromatic amines is 1. The summed E-state index contributed by atoms with van der Waals surface area (Å²) < 4.78 is 5.44. The predicted molar refractivity (Wildman–Crippen MR) is 125 cm³/mol. The molecule has 0 aliphatic heterocycles. The zero-order chi connectivity index (χ0) is 22.8. The number of carbonyl (C=O) groups excluding carboxylic acids is 1. The van der Waals surface area contributed by atoms with E-state index in [2.05, 4.69) is 30.9 Å². The van der Waals surface area contributed by atoms with Crippen LogP contribution in [0.25, 0.3) is 22.5 Å². The molecule has 166 valence electrons. The molecule has 8 nitrogen and oxygen atoms in total. The van der Waals surface area contributed by atoms with Crippen LogP contribution in [0.5, 0.6) is 5.88 Å². The van der Waals surface area contributed by atoms with Crippen molar-refractivity contribution in [3.8, 4) is 28.4 Å². The Balaban J connectivity index is 1.46. The van der Waals surface area contributed by atoms with Gasteiger partial charge in [0.2, 0.25) is 11.8 Å². The van der Waals surface area contributed by atoms with Crippen LogP contribution in [-0.2, 0) is 10.2 Å². The Hall–Kier alpha value is -3.78. The molecule has 1 amide bonds. The SMILES string of the molecule is CCOc1ccc(-c2ccc(NC(=O)C3(c4cccc(Cl)c4)CC3)cc2-c2nnn[nH]2)cn1. The molecule has 5 rings (SSSR count). The smallest absolute Gasteiger partial charge is 0.235 e. The van der Waals surface area contributed by atoms with E-state index in [1.807, 2.05) is 61.5 Å². The fourth-order valence-corrected chi connectivity index (χ4v) is 4.11. The molecule has 0 saturated heterocycles. The zero-order valence-electron chi connectivity index (χ0n) is 17.9. The molecule has 1 saturated carbocycles. The summed E-state index contributed by atoms with van der Waals surface area (Å²) in [4.78, 5) is 17.6. The first kappa shape index (κ1) is 21.1. The van der Waals surface area contributed by atoms with Crippen molar-refractivity contribution in [3.63, 3.8) is 0 Å². The van der Waals surface area contributed by atoms with Gasteiger partial charge in [0.05, 0.1) is 12.0 Å². The molecule has 0 spiro atoms. The van der Waals surface area contributed by atoms with E-state index >= 15 is 0 Å². The number of rotatable bonds is 7. The van der Waals surface area contributed by atoms with E-state index in [4.69, 9.17) is 16.3 Å². The number of tetrazole rings is 1. The Labute approximate surface area is 195 Å². The monoisotopic (exact) mass is 460 g/mol. The summed E-state index contributed by atoms with van der Waals surface area (Å²) in [5, 5.41) is 18.0. The zero-order valence-corrected chi connectivity index (χ0v) is 18.6. The molecule has 33 heavy (non-hydrogen) atoms. The second kappa shape index (κ2) is 8.63. The normalized spacial score (nSPS) is 14.0. The maximum absolute atomic E-state index is 13.2. The summed E-state index contributed by atoms with van der Waals surface area (Å²) in [6.45, 7) is 2.46. The van der Waals surface area contributed by atoms with Crippen LogP contribution in [-0.4, -0.2) is 38.1 Å². The number of amides is 1. The Morgan fingerprint density at radius 2 is 2.03 bits per heavy atom. The largest absolute Gasteiger partial charge is 0.478 e. The van der Waals surface area contributed by atoms with Gasteiger partial charge < -0.3 is 10.1 Å². The van der Waals surface area contributed by atoms with Gasteiger partial charge in [0, 0.05) is 34.1 Å². The van der Waals surface area contributed by atoms with Crippen LogP contribution in [0, 0.1) is 0 Å². The van der Waals surface area contributed by atoms with Gasteiger partial charge in [-0.05, 0) is 71.7 Å².